The predicted molar refractivity (Wildman–Crippen MR) is 106 cm³/mol. The van der Waals surface area contributed by atoms with Crippen LogP contribution in [-0.4, -0.2) is 18.4 Å². The molecule has 142 valence electrons. The monoisotopic (exact) mass is 376 g/mol. The third-order valence-corrected chi connectivity index (χ3v) is 3.74. The average molecular weight is 376 g/mol. The minimum Gasteiger partial charge on any atom is -0.484 e. The highest BCUT2D eigenvalue weighted by Crippen LogP contribution is 2.23. The first kappa shape index (κ1) is 19.0. The van der Waals surface area contributed by atoms with Crippen molar-refractivity contribution in [3.63, 3.8) is 0 Å². The Bertz CT molecular complexity index is 958. The van der Waals surface area contributed by atoms with Crippen LogP contribution < -0.4 is 20.5 Å². The Balaban J connectivity index is 1.55. The highest BCUT2D eigenvalue weighted by Gasteiger charge is 2.06. The second-order valence-corrected chi connectivity index (χ2v) is 6.07. The quantitative estimate of drug-likeness (QED) is 0.629. The van der Waals surface area contributed by atoms with Crippen LogP contribution >= 0.6 is 0 Å². The van der Waals surface area contributed by atoms with Crippen molar-refractivity contribution in [1.29, 1.82) is 0 Å². The second-order valence-electron chi connectivity index (χ2n) is 6.07. The number of nitrogens with two attached hydrogens (primary N) is 1. The van der Waals surface area contributed by atoms with Crippen LogP contribution in [0.15, 0.2) is 78.9 Å². The summed E-state index contributed by atoms with van der Waals surface area (Å²) in [5.74, 6) is 1.09. The molecule has 0 aromatic heterocycles. The molecule has 28 heavy (non-hydrogen) atoms. The molecule has 3 N–H and O–H groups in total. The molecule has 0 fully saturated rings. The number of ether oxygens (including phenoxy) is 2. The summed E-state index contributed by atoms with van der Waals surface area (Å²) >= 11 is 0. The fourth-order valence-corrected chi connectivity index (χ4v) is 2.55. The number of para-hydroxylation sites is 1. The van der Waals surface area contributed by atoms with E-state index in [1.165, 1.54) is 0 Å². The van der Waals surface area contributed by atoms with Crippen LogP contribution in [0.3, 0.4) is 0 Å². The van der Waals surface area contributed by atoms with Crippen LogP contribution in [0.5, 0.6) is 17.2 Å². The van der Waals surface area contributed by atoms with E-state index >= 15 is 0 Å². The maximum atomic E-state index is 12.2. The molecule has 0 aliphatic carbocycles. The van der Waals surface area contributed by atoms with Crippen molar-refractivity contribution in [3.8, 4) is 17.2 Å². The first-order valence-corrected chi connectivity index (χ1v) is 8.71. The number of anilines is 1. The van der Waals surface area contributed by atoms with Crippen LogP contribution in [0.4, 0.5) is 5.69 Å². The van der Waals surface area contributed by atoms with Gasteiger partial charge in [0.05, 0.1) is 6.42 Å². The highest BCUT2D eigenvalue weighted by atomic mass is 16.5. The highest BCUT2D eigenvalue weighted by molar-refractivity contribution is 5.92. The zero-order valence-corrected chi connectivity index (χ0v) is 15.1. The fraction of sp³-hybridized carbons (Fsp3) is 0.0909. The zero-order valence-electron chi connectivity index (χ0n) is 15.1. The number of carbonyl (C=O) groups is 2. The van der Waals surface area contributed by atoms with E-state index in [0.29, 0.717) is 22.9 Å². The summed E-state index contributed by atoms with van der Waals surface area (Å²) in [6.45, 7) is -0.163. The van der Waals surface area contributed by atoms with Gasteiger partial charge in [-0.3, -0.25) is 9.59 Å². The molecule has 0 radical (unpaired) electrons. The zero-order chi connectivity index (χ0) is 19.8. The van der Waals surface area contributed by atoms with E-state index < -0.39 is 5.91 Å². The van der Waals surface area contributed by atoms with Gasteiger partial charge in [0.25, 0.3) is 5.91 Å². The van der Waals surface area contributed by atoms with Gasteiger partial charge in [-0.15, -0.1) is 0 Å². The maximum absolute atomic E-state index is 12.2. The van der Waals surface area contributed by atoms with Gasteiger partial charge in [-0.1, -0.05) is 36.4 Å². The Kier molecular flexibility index (Phi) is 6.25. The number of benzene rings is 3. The first-order chi connectivity index (χ1) is 13.6. The minimum absolute atomic E-state index is 0.123. The number of hydrogen-bond acceptors (Lipinski definition) is 4. The number of amides is 2. The molecule has 0 aliphatic rings. The van der Waals surface area contributed by atoms with Gasteiger partial charge in [0, 0.05) is 11.8 Å². The van der Waals surface area contributed by atoms with Gasteiger partial charge in [-0.05, 0) is 42.0 Å². The van der Waals surface area contributed by atoms with Crippen molar-refractivity contribution in [2.45, 2.75) is 6.42 Å². The van der Waals surface area contributed by atoms with Crippen LogP contribution in [-0.2, 0) is 16.0 Å². The van der Waals surface area contributed by atoms with Crippen LogP contribution in [0.25, 0.3) is 0 Å². The summed E-state index contributed by atoms with van der Waals surface area (Å²) in [7, 11) is 0. The fourth-order valence-electron chi connectivity index (χ4n) is 2.55. The van der Waals surface area contributed by atoms with E-state index in [1.54, 1.807) is 42.5 Å². The predicted octanol–water partition coefficient (Wildman–Crippen LogP) is 3.52. The van der Waals surface area contributed by atoms with E-state index in [2.05, 4.69) is 5.32 Å². The Morgan fingerprint density at radius 3 is 2.32 bits per heavy atom. The molecule has 0 spiro atoms. The largest absolute Gasteiger partial charge is 0.484 e. The molecule has 6 nitrogen and oxygen atoms in total. The summed E-state index contributed by atoms with van der Waals surface area (Å²) in [4.78, 5) is 23.2. The first-order valence-electron chi connectivity index (χ1n) is 8.71. The SMILES string of the molecule is NC(=O)Cc1cccc(OCC(=O)Nc2cccc(Oc3ccccc3)c2)c1. The number of rotatable bonds is 8. The summed E-state index contributed by atoms with van der Waals surface area (Å²) < 4.78 is 11.2. The Morgan fingerprint density at radius 2 is 1.54 bits per heavy atom. The number of carbonyl (C=O) groups excluding carboxylic acids is 2. The number of primary amides is 1. The average Bonchev–Trinajstić information content (AvgIpc) is 2.67. The third-order valence-electron chi connectivity index (χ3n) is 3.74. The lowest BCUT2D eigenvalue weighted by atomic mass is 10.1. The van der Waals surface area contributed by atoms with Crippen molar-refractivity contribution < 1.29 is 19.1 Å². The minimum atomic E-state index is -0.424. The topological polar surface area (TPSA) is 90.7 Å². The summed E-state index contributed by atoms with van der Waals surface area (Å²) in [5, 5.41) is 2.77. The lowest BCUT2D eigenvalue weighted by Gasteiger charge is -2.10. The van der Waals surface area contributed by atoms with Gasteiger partial charge in [-0.25, -0.2) is 0 Å². The molecule has 0 bridgehead atoms. The Hall–Kier alpha value is -3.80. The van der Waals surface area contributed by atoms with Crippen molar-refractivity contribution in [3.05, 3.63) is 84.4 Å². The Labute approximate surface area is 162 Å². The number of nitrogens with one attached hydrogen (secondary N) is 1. The van der Waals surface area contributed by atoms with Gasteiger partial charge >= 0.3 is 0 Å². The Morgan fingerprint density at radius 1 is 0.821 bits per heavy atom. The van der Waals surface area contributed by atoms with Gasteiger partial charge in [0.1, 0.15) is 17.2 Å². The third kappa shape index (κ3) is 5.88. The lowest BCUT2D eigenvalue weighted by Crippen LogP contribution is -2.20. The van der Waals surface area contributed by atoms with Crippen molar-refractivity contribution >= 4 is 17.5 Å². The molecule has 6 heteroatoms. The number of hydrogen-bond donors (Lipinski definition) is 2. The van der Waals surface area contributed by atoms with Crippen LogP contribution in [0.2, 0.25) is 0 Å². The molecule has 0 saturated carbocycles. The van der Waals surface area contributed by atoms with Gasteiger partial charge in [-0.2, -0.15) is 0 Å². The van der Waals surface area contributed by atoms with Gasteiger partial charge in [0.2, 0.25) is 5.91 Å². The molecule has 2 amide bonds. The van der Waals surface area contributed by atoms with Gasteiger partial charge < -0.3 is 20.5 Å². The van der Waals surface area contributed by atoms with E-state index in [0.717, 1.165) is 5.56 Å². The molecule has 0 saturated heterocycles. The van der Waals surface area contributed by atoms with Crippen molar-refractivity contribution in [2.24, 2.45) is 5.73 Å². The van der Waals surface area contributed by atoms with E-state index in [-0.39, 0.29) is 18.9 Å². The molecule has 0 heterocycles. The van der Waals surface area contributed by atoms with Crippen LogP contribution in [0, 0.1) is 0 Å². The summed E-state index contributed by atoms with van der Waals surface area (Å²) in [6.07, 6.45) is 0.123. The molecule has 3 rings (SSSR count). The van der Waals surface area contributed by atoms with Gasteiger partial charge in [0.15, 0.2) is 6.61 Å². The summed E-state index contributed by atoms with van der Waals surface area (Å²) in [5.41, 5.74) is 6.52. The van der Waals surface area contributed by atoms with E-state index in [4.69, 9.17) is 15.2 Å². The maximum Gasteiger partial charge on any atom is 0.262 e. The van der Waals surface area contributed by atoms with Crippen molar-refractivity contribution in [1.82, 2.24) is 0 Å². The lowest BCUT2D eigenvalue weighted by molar-refractivity contribution is -0.118. The molecule has 0 unspecified atom stereocenters. The van der Waals surface area contributed by atoms with E-state index in [1.807, 2.05) is 36.4 Å². The molecular weight excluding hydrogens is 356 g/mol. The molecule has 3 aromatic rings. The molecule has 0 atom stereocenters. The normalized spacial score (nSPS) is 10.1. The van der Waals surface area contributed by atoms with Crippen molar-refractivity contribution in [2.75, 3.05) is 11.9 Å². The van der Waals surface area contributed by atoms with E-state index in [9.17, 15) is 9.59 Å². The standard InChI is InChI=1S/C22H20N2O4/c23-21(25)13-16-6-4-10-19(12-16)27-15-22(26)24-17-7-5-11-20(14-17)28-18-8-2-1-3-9-18/h1-12,14H,13,15H2,(H2,23,25)(H,24,26). The smallest absolute Gasteiger partial charge is 0.262 e. The van der Waals surface area contributed by atoms with Crippen LogP contribution in [0.1, 0.15) is 5.56 Å². The second kappa shape index (κ2) is 9.23. The molecular formula is C22H20N2O4. The molecule has 0 aliphatic heterocycles. The summed E-state index contributed by atoms with van der Waals surface area (Å²) in [6, 6.07) is 23.4. The molecule has 3 aromatic carbocycles.